The number of benzene rings is 1. The highest BCUT2D eigenvalue weighted by atomic mass is 32.2. The van der Waals surface area contributed by atoms with Crippen LogP contribution in [0.1, 0.15) is 22.4 Å². The number of pyridine rings is 1. The molecule has 3 nitrogen and oxygen atoms in total. The highest BCUT2D eigenvalue weighted by Crippen LogP contribution is 2.30. The molecule has 0 aliphatic carbocycles. The molecule has 2 rings (SSSR count). The molecule has 2 aromatic rings. The van der Waals surface area contributed by atoms with E-state index in [4.69, 9.17) is 0 Å². The van der Waals surface area contributed by atoms with E-state index in [1.54, 1.807) is 18.2 Å². The number of ether oxygens (including phenoxy) is 1. The van der Waals surface area contributed by atoms with Crippen molar-refractivity contribution in [3.05, 3.63) is 52.7 Å². The molecule has 0 radical (unpaired) electrons. The molecule has 0 atom stereocenters. The molecule has 1 aromatic heterocycles. The van der Waals surface area contributed by atoms with Gasteiger partial charge in [-0.25, -0.2) is 4.98 Å². The Bertz CT molecular complexity index is 714. The van der Waals surface area contributed by atoms with Gasteiger partial charge in [0.05, 0.1) is 5.56 Å². The monoisotopic (exact) mass is 320 g/mol. The molecular weight excluding hydrogens is 306 g/mol. The molecule has 0 N–H and O–H groups in total. The van der Waals surface area contributed by atoms with Gasteiger partial charge >= 0.3 is 6.61 Å². The molecule has 0 saturated heterocycles. The number of aromatic nitrogens is 1. The van der Waals surface area contributed by atoms with E-state index in [9.17, 15) is 14.0 Å². The summed E-state index contributed by atoms with van der Waals surface area (Å²) in [4.78, 5) is 4.36. The van der Waals surface area contributed by atoms with Gasteiger partial charge in [-0.15, -0.1) is 11.8 Å². The fraction of sp³-hybridized carbons (Fsp3) is 0.250. The number of nitriles is 1. The van der Waals surface area contributed by atoms with Crippen molar-refractivity contribution in [1.29, 1.82) is 5.26 Å². The number of aryl methyl sites for hydroxylation is 2. The fourth-order valence-electron chi connectivity index (χ4n) is 2.02. The van der Waals surface area contributed by atoms with Gasteiger partial charge < -0.3 is 4.74 Å². The molecule has 1 heterocycles. The number of halogens is 2. The highest BCUT2D eigenvalue weighted by molar-refractivity contribution is 7.98. The van der Waals surface area contributed by atoms with Crippen molar-refractivity contribution in [2.24, 2.45) is 0 Å². The van der Waals surface area contributed by atoms with E-state index < -0.39 is 6.61 Å². The SMILES string of the molecule is Cc1cc(C)c(C#N)c(SCc2ccccc2OC(F)F)n1. The Labute approximate surface area is 131 Å². The van der Waals surface area contributed by atoms with Crippen LogP contribution in [0.3, 0.4) is 0 Å². The smallest absolute Gasteiger partial charge is 0.387 e. The van der Waals surface area contributed by atoms with Crippen molar-refractivity contribution in [1.82, 2.24) is 4.98 Å². The third kappa shape index (κ3) is 3.95. The van der Waals surface area contributed by atoms with Crippen LogP contribution in [0.25, 0.3) is 0 Å². The van der Waals surface area contributed by atoms with Crippen molar-refractivity contribution in [2.45, 2.75) is 31.2 Å². The molecule has 0 bridgehead atoms. The first-order valence-electron chi connectivity index (χ1n) is 6.55. The van der Waals surface area contributed by atoms with Gasteiger partial charge in [0.15, 0.2) is 0 Å². The van der Waals surface area contributed by atoms with Crippen molar-refractivity contribution in [3.8, 4) is 11.8 Å². The zero-order chi connectivity index (χ0) is 16.1. The second kappa shape index (κ2) is 7.23. The van der Waals surface area contributed by atoms with Gasteiger partial charge in [-0.2, -0.15) is 14.0 Å². The lowest BCUT2D eigenvalue weighted by atomic mass is 10.1. The molecule has 0 spiro atoms. The van der Waals surface area contributed by atoms with Crippen molar-refractivity contribution < 1.29 is 13.5 Å². The van der Waals surface area contributed by atoms with Crippen LogP contribution in [-0.2, 0) is 5.75 Å². The summed E-state index contributed by atoms with van der Waals surface area (Å²) < 4.78 is 29.3. The van der Waals surface area contributed by atoms with Gasteiger partial charge in [0.25, 0.3) is 0 Å². The number of hydrogen-bond donors (Lipinski definition) is 0. The third-order valence-corrected chi connectivity index (χ3v) is 4.00. The van der Waals surface area contributed by atoms with E-state index in [-0.39, 0.29) is 5.75 Å². The predicted molar refractivity (Wildman–Crippen MR) is 81.1 cm³/mol. The highest BCUT2D eigenvalue weighted by Gasteiger charge is 2.13. The number of hydrogen-bond acceptors (Lipinski definition) is 4. The van der Waals surface area contributed by atoms with Crippen LogP contribution in [0.15, 0.2) is 35.4 Å². The Morgan fingerprint density at radius 1 is 1.32 bits per heavy atom. The van der Waals surface area contributed by atoms with E-state index in [1.165, 1.54) is 17.8 Å². The zero-order valence-corrected chi connectivity index (χ0v) is 13.0. The van der Waals surface area contributed by atoms with Gasteiger partial charge in [-0.3, -0.25) is 0 Å². The molecule has 0 unspecified atom stereocenters. The molecular formula is C16H14F2N2OS. The molecule has 6 heteroatoms. The van der Waals surface area contributed by atoms with Crippen LogP contribution >= 0.6 is 11.8 Å². The maximum absolute atomic E-state index is 12.4. The molecule has 1 aromatic carbocycles. The minimum atomic E-state index is -2.86. The molecule has 0 fully saturated rings. The summed E-state index contributed by atoms with van der Waals surface area (Å²) in [7, 11) is 0. The van der Waals surface area contributed by atoms with Gasteiger partial charge in [-0.05, 0) is 31.5 Å². The van der Waals surface area contributed by atoms with Gasteiger partial charge in [0.1, 0.15) is 16.8 Å². The lowest BCUT2D eigenvalue weighted by Gasteiger charge is -2.11. The standard InChI is InChI=1S/C16H14F2N2OS/c1-10-7-11(2)20-15(13(10)8-19)22-9-12-5-3-4-6-14(12)21-16(17)18/h3-7,16H,9H2,1-2H3. The normalized spacial score (nSPS) is 10.5. The average molecular weight is 320 g/mol. The summed E-state index contributed by atoms with van der Waals surface area (Å²) in [6.45, 7) is 0.845. The van der Waals surface area contributed by atoms with Crippen molar-refractivity contribution in [3.63, 3.8) is 0 Å². The van der Waals surface area contributed by atoms with Crippen LogP contribution in [-0.4, -0.2) is 11.6 Å². The molecule has 22 heavy (non-hydrogen) atoms. The Morgan fingerprint density at radius 2 is 2.05 bits per heavy atom. The van der Waals surface area contributed by atoms with Crippen LogP contribution in [0.4, 0.5) is 8.78 Å². The van der Waals surface area contributed by atoms with E-state index in [0.29, 0.717) is 21.9 Å². The minimum absolute atomic E-state index is 0.146. The van der Waals surface area contributed by atoms with Gasteiger partial charge in [-0.1, -0.05) is 18.2 Å². The second-order valence-electron chi connectivity index (χ2n) is 4.65. The average Bonchev–Trinajstić information content (AvgIpc) is 2.45. The number of rotatable bonds is 5. The fourth-order valence-corrected chi connectivity index (χ4v) is 3.11. The van der Waals surface area contributed by atoms with E-state index >= 15 is 0 Å². The van der Waals surface area contributed by atoms with Crippen molar-refractivity contribution >= 4 is 11.8 Å². The first kappa shape index (κ1) is 16.2. The second-order valence-corrected chi connectivity index (χ2v) is 5.61. The predicted octanol–water partition coefficient (Wildman–Crippen LogP) is 4.46. The number of para-hydroxylation sites is 1. The Balaban J connectivity index is 2.23. The van der Waals surface area contributed by atoms with E-state index in [2.05, 4.69) is 15.8 Å². The maximum Gasteiger partial charge on any atom is 0.387 e. The molecule has 0 amide bonds. The largest absolute Gasteiger partial charge is 0.435 e. The topological polar surface area (TPSA) is 45.9 Å². The molecule has 114 valence electrons. The summed E-state index contributed by atoms with van der Waals surface area (Å²) in [6.07, 6.45) is 0. The first-order valence-corrected chi connectivity index (χ1v) is 7.53. The molecule has 0 aliphatic rings. The molecule has 0 aliphatic heterocycles. The summed E-state index contributed by atoms with van der Waals surface area (Å²) in [5, 5.41) is 9.84. The third-order valence-electron chi connectivity index (χ3n) is 2.98. The number of thioether (sulfide) groups is 1. The Kier molecular flexibility index (Phi) is 5.34. The van der Waals surface area contributed by atoms with Gasteiger partial charge in [0, 0.05) is 17.0 Å². The zero-order valence-electron chi connectivity index (χ0n) is 12.1. The van der Waals surface area contributed by atoms with Crippen LogP contribution in [0.2, 0.25) is 0 Å². The minimum Gasteiger partial charge on any atom is -0.435 e. The number of nitrogens with zero attached hydrogens (tertiary/aromatic N) is 2. The van der Waals surface area contributed by atoms with Crippen molar-refractivity contribution in [2.75, 3.05) is 0 Å². The van der Waals surface area contributed by atoms with Crippen LogP contribution < -0.4 is 4.74 Å². The first-order chi connectivity index (χ1) is 10.5. The van der Waals surface area contributed by atoms with Gasteiger partial charge in [0.2, 0.25) is 0 Å². The van der Waals surface area contributed by atoms with E-state index in [0.717, 1.165) is 11.3 Å². The lowest BCUT2D eigenvalue weighted by molar-refractivity contribution is -0.0503. The summed E-state index contributed by atoms with van der Waals surface area (Å²) >= 11 is 1.34. The lowest BCUT2D eigenvalue weighted by Crippen LogP contribution is -2.04. The Morgan fingerprint density at radius 3 is 2.73 bits per heavy atom. The summed E-state index contributed by atoms with van der Waals surface area (Å²) in [6, 6.07) is 10.6. The van der Waals surface area contributed by atoms with Crippen LogP contribution in [0, 0.1) is 25.2 Å². The number of alkyl halides is 2. The molecule has 0 saturated carbocycles. The summed E-state index contributed by atoms with van der Waals surface area (Å²) in [5.41, 5.74) is 2.83. The quantitative estimate of drug-likeness (QED) is 0.763. The Hall–Kier alpha value is -2.13. The van der Waals surface area contributed by atoms with Crippen LogP contribution in [0.5, 0.6) is 5.75 Å². The van der Waals surface area contributed by atoms with E-state index in [1.807, 2.05) is 19.9 Å². The maximum atomic E-state index is 12.4. The summed E-state index contributed by atoms with van der Waals surface area (Å²) in [5.74, 6) is 0.542.